The van der Waals surface area contributed by atoms with Gasteiger partial charge in [0.05, 0.1) is 10.7 Å². The summed E-state index contributed by atoms with van der Waals surface area (Å²) in [5, 5.41) is 11.8. The number of aromatic hydroxyl groups is 1. The van der Waals surface area contributed by atoms with Crippen LogP contribution in [-0.4, -0.2) is 16.9 Å². The lowest BCUT2D eigenvalue weighted by Crippen LogP contribution is -2.35. The van der Waals surface area contributed by atoms with Gasteiger partial charge in [0.1, 0.15) is 11.3 Å². The number of nitrogens with one attached hydrogen (secondary N) is 1. The molecule has 0 radical (unpaired) electrons. The van der Waals surface area contributed by atoms with Gasteiger partial charge in [0.25, 0.3) is 11.8 Å². The second-order valence-electron chi connectivity index (χ2n) is 4.94. The Morgan fingerprint density at radius 3 is 2.33 bits per heavy atom. The fourth-order valence-corrected chi connectivity index (χ4v) is 2.82. The lowest BCUT2D eigenvalue weighted by Gasteiger charge is -2.14. The van der Waals surface area contributed by atoms with Crippen LogP contribution in [0.4, 0.5) is 5.69 Å². The Kier molecular flexibility index (Phi) is 4.41. The fraction of sp³-hybridized carbons (Fsp3) is 0. The van der Waals surface area contributed by atoms with E-state index in [0.717, 1.165) is 5.01 Å². The number of halogens is 3. The average molecular weight is 384 g/mol. The van der Waals surface area contributed by atoms with Crippen LogP contribution in [0.25, 0.3) is 6.08 Å². The molecule has 122 valence electrons. The molecule has 0 aliphatic carbocycles. The van der Waals surface area contributed by atoms with Crippen molar-refractivity contribution in [3.8, 4) is 5.75 Å². The van der Waals surface area contributed by atoms with E-state index in [0.29, 0.717) is 10.7 Å². The van der Waals surface area contributed by atoms with Gasteiger partial charge in [0.15, 0.2) is 0 Å². The van der Waals surface area contributed by atoms with Crippen molar-refractivity contribution in [3.63, 3.8) is 0 Å². The van der Waals surface area contributed by atoms with Gasteiger partial charge in [-0.25, -0.2) is 5.01 Å². The third-order valence-electron chi connectivity index (χ3n) is 3.33. The molecule has 2 aromatic rings. The summed E-state index contributed by atoms with van der Waals surface area (Å²) in [4.78, 5) is 24.6. The first-order chi connectivity index (χ1) is 11.4. The van der Waals surface area contributed by atoms with E-state index >= 15 is 0 Å². The second kappa shape index (κ2) is 6.36. The predicted molar refractivity (Wildman–Crippen MR) is 93.2 cm³/mol. The number of phenolic OH excluding ortho intramolecular Hbond substituents is 1. The first-order valence-electron chi connectivity index (χ1n) is 6.67. The molecule has 2 N–H and O–H groups in total. The van der Waals surface area contributed by atoms with Crippen LogP contribution in [-0.2, 0) is 9.59 Å². The summed E-state index contributed by atoms with van der Waals surface area (Å²) >= 11 is 17.5. The third-order valence-corrected chi connectivity index (χ3v) is 4.09. The maximum atomic E-state index is 12.5. The minimum atomic E-state index is -0.606. The van der Waals surface area contributed by atoms with E-state index < -0.39 is 11.8 Å². The Morgan fingerprint density at radius 1 is 1.00 bits per heavy atom. The predicted octanol–water partition coefficient (Wildman–Crippen LogP) is 3.81. The van der Waals surface area contributed by atoms with Crippen LogP contribution in [0.5, 0.6) is 5.75 Å². The minimum Gasteiger partial charge on any atom is -0.506 e. The molecule has 0 atom stereocenters. The molecule has 0 bridgehead atoms. The average Bonchev–Trinajstić information content (AvgIpc) is 2.81. The van der Waals surface area contributed by atoms with Crippen LogP contribution < -0.4 is 10.4 Å². The van der Waals surface area contributed by atoms with Crippen molar-refractivity contribution >= 4 is 58.4 Å². The SMILES string of the molecule is O=C1NN(c2ccc(Cl)cc2)C(=O)/C1=C\c1cc(Cl)cc(Cl)c1O. The first-order valence-corrected chi connectivity index (χ1v) is 7.81. The molecule has 2 amide bonds. The molecule has 1 aliphatic heterocycles. The summed E-state index contributed by atoms with van der Waals surface area (Å²) in [6, 6.07) is 9.15. The standard InChI is InChI=1S/C16H9Cl3N2O3/c17-9-1-3-11(4-2-9)21-16(24)12(15(23)20-21)6-8-5-10(18)7-13(19)14(8)22/h1-7,22H,(H,20,23)/b12-6-. The van der Waals surface area contributed by atoms with E-state index in [1.54, 1.807) is 24.3 Å². The number of rotatable bonds is 2. The summed E-state index contributed by atoms with van der Waals surface area (Å²) in [5.74, 6) is -1.44. The lowest BCUT2D eigenvalue weighted by molar-refractivity contribution is -0.117. The monoisotopic (exact) mass is 382 g/mol. The van der Waals surface area contributed by atoms with E-state index in [1.807, 2.05) is 0 Å². The number of anilines is 1. The van der Waals surface area contributed by atoms with Gasteiger partial charge in [0, 0.05) is 15.6 Å². The maximum Gasteiger partial charge on any atom is 0.282 e. The fourth-order valence-electron chi connectivity index (χ4n) is 2.18. The molecule has 24 heavy (non-hydrogen) atoms. The summed E-state index contributed by atoms with van der Waals surface area (Å²) in [6.07, 6.45) is 1.24. The quantitative estimate of drug-likeness (QED) is 0.612. The summed E-state index contributed by atoms with van der Waals surface area (Å²) < 4.78 is 0. The number of hydrazine groups is 1. The van der Waals surface area contributed by atoms with E-state index in [4.69, 9.17) is 34.8 Å². The highest BCUT2D eigenvalue weighted by atomic mass is 35.5. The molecule has 0 saturated carbocycles. The Balaban J connectivity index is 1.99. The highest BCUT2D eigenvalue weighted by Crippen LogP contribution is 2.33. The molecule has 5 nitrogen and oxygen atoms in total. The number of amides is 2. The van der Waals surface area contributed by atoms with Gasteiger partial charge in [-0.3, -0.25) is 15.0 Å². The van der Waals surface area contributed by atoms with Crippen molar-refractivity contribution in [2.24, 2.45) is 0 Å². The molecular formula is C16H9Cl3N2O3. The Morgan fingerprint density at radius 2 is 1.67 bits per heavy atom. The molecule has 2 aromatic carbocycles. The van der Waals surface area contributed by atoms with Crippen molar-refractivity contribution in [3.05, 3.63) is 62.6 Å². The third kappa shape index (κ3) is 3.06. The zero-order chi connectivity index (χ0) is 17.4. The molecule has 3 rings (SSSR count). The van der Waals surface area contributed by atoms with Crippen LogP contribution in [0.1, 0.15) is 5.56 Å². The number of benzene rings is 2. The molecule has 0 unspecified atom stereocenters. The topological polar surface area (TPSA) is 69.6 Å². The van der Waals surface area contributed by atoms with E-state index in [2.05, 4.69) is 5.43 Å². The van der Waals surface area contributed by atoms with Crippen molar-refractivity contribution < 1.29 is 14.7 Å². The van der Waals surface area contributed by atoms with Gasteiger partial charge in [-0.2, -0.15) is 0 Å². The molecule has 1 saturated heterocycles. The number of hydrogen-bond donors (Lipinski definition) is 2. The van der Waals surface area contributed by atoms with Gasteiger partial charge < -0.3 is 5.11 Å². The maximum absolute atomic E-state index is 12.5. The summed E-state index contributed by atoms with van der Waals surface area (Å²) in [7, 11) is 0. The van der Waals surface area contributed by atoms with Gasteiger partial charge in [0.2, 0.25) is 0 Å². The Hall–Kier alpha value is -2.21. The van der Waals surface area contributed by atoms with E-state index in [1.165, 1.54) is 18.2 Å². The van der Waals surface area contributed by atoms with Gasteiger partial charge in [-0.1, -0.05) is 34.8 Å². The van der Waals surface area contributed by atoms with Gasteiger partial charge >= 0.3 is 0 Å². The normalized spacial score (nSPS) is 16.0. The smallest absolute Gasteiger partial charge is 0.282 e. The van der Waals surface area contributed by atoms with Crippen LogP contribution >= 0.6 is 34.8 Å². The van der Waals surface area contributed by atoms with Crippen LogP contribution in [0.2, 0.25) is 15.1 Å². The largest absolute Gasteiger partial charge is 0.506 e. The highest BCUT2D eigenvalue weighted by Gasteiger charge is 2.34. The zero-order valence-corrected chi connectivity index (χ0v) is 14.2. The van der Waals surface area contributed by atoms with Crippen LogP contribution in [0.3, 0.4) is 0 Å². The van der Waals surface area contributed by atoms with Gasteiger partial charge in [-0.05, 0) is 42.5 Å². The van der Waals surface area contributed by atoms with Crippen LogP contribution in [0, 0.1) is 0 Å². The Bertz CT molecular complexity index is 879. The lowest BCUT2D eigenvalue weighted by atomic mass is 10.1. The van der Waals surface area contributed by atoms with Crippen molar-refractivity contribution in [1.29, 1.82) is 0 Å². The number of phenols is 1. The van der Waals surface area contributed by atoms with E-state index in [-0.39, 0.29) is 26.9 Å². The molecule has 8 heteroatoms. The van der Waals surface area contributed by atoms with E-state index in [9.17, 15) is 14.7 Å². The summed E-state index contributed by atoms with van der Waals surface area (Å²) in [6.45, 7) is 0. The minimum absolute atomic E-state index is 0.0229. The summed E-state index contributed by atoms with van der Waals surface area (Å²) in [5.41, 5.74) is 2.91. The number of hydrogen-bond acceptors (Lipinski definition) is 3. The molecule has 1 fully saturated rings. The highest BCUT2D eigenvalue weighted by molar-refractivity contribution is 6.36. The Labute approximate surface area is 152 Å². The number of carbonyl (C=O) groups excluding carboxylic acids is 2. The number of nitrogens with zero attached hydrogens (tertiary/aromatic N) is 1. The zero-order valence-electron chi connectivity index (χ0n) is 11.9. The van der Waals surface area contributed by atoms with Gasteiger partial charge in [-0.15, -0.1) is 0 Å². The van der Waals surface area contributed by atoms with Crippen molar-refractivity contribution in [2.45, 2.75) is 0 Å². The number of carbonyl (C=O) groups is 2. The first kappa shape index (κ1) is 16.6. The van der Waals surface area contributed by atoms with Crippen LogP contribution in [0.15, 0.2) is 42.0 Å². The van der Waals surface area contributed by atoms with Crippen molar-refractivity contribution in [2.75, 3.05) is 5.01 Å². The molecule has 1 aliphatic rings. The molecule has 0 spiro atoms. The van der Waals surface area contributed by atoms with Crippen molar-refractivity contribution in [1.82, 2.24) is 5.43 Å². The molecule has 0 aromatic heterocycles. The molecular weight excluding hydrogens is 375 g/mol. The second-order valence-corrected chi connectivity index (χ2v) is 6.22. The molecule has 1 heterocycles.